The van der Waals surface area contributed by atoms with E-state index in [0.29, 0.717) is 6.04 Å². The Morgan fingerprint density at radius 1 is 1.39 bits per heavy atom. The molecule has 1 aliphatic rings. The van der Waals surface area contributed by atoms with Crippen molar-refractivity contribution in [1.82, 2.24) is 14.9 Å². The molecule has 2 heterocycles. The molecule has 0 radical (unpaired) electrons. The van der Waals surface area contributed by atoms with Crippen LogP contribution in [0.4, 0.5) is 4.39 Å². The molecule has 2 aromatic rings. The van der Waals surface area contributed by atoms with Gasteiger partial charge in [-0.3, -0.25) is 0 Å². The zero-order valence-electron chi connectivity index (χ0n) is 10.1. The van der Waals surface area contributed by atoms with Crippen LogP contribution in [0.5, 0.6) is 0 Å². The number of imidazole rings is 1. The van der Waals surface area contributed by atoms with Gasteiger partial charge in [0.25, 0.3) is 0 Å². The first-order valence-corrected chi connectivity index (χ1v) is 6.33. The Morgan fingerprint density at radius 3 is 3.11 bits per heavy atom. The number of nitrogens with zero attached hydrogens (tertiary/aromatic N) is 2. The minimum Gasteiger partial charge on any atom is -0.326 e. The van der Waals surface area contributed by atoms with Crippen molar-refractivity contribution >= 4 is 0 Å². The van der Waals surface area contributed by atoms with Crippen LogP contribution in [0.15, 0.2) is 36.8 Å². The molecule has 1 N–H and O–H groups in total. The van der Waals surface area contributed by atoms with E-state index >= 15 is 0 Å². The van der Waals surface area contributed by atoms with E-state index in [1.54, 1.807) is 12.1 Å². The van der Waals surface area contributed by atoms with Crippen LogP contribution >= 0.6 is 0 Å². The SMILES string of the molecule is Fc1cccc(-c2cncn2C2CCCNC2)c1. The molecule has 0 aliphatic carbocycles. The smallest absolute Gasteiger partial charge is 0.123 e. The first-order valence-electron chi connectivity index (χ1n) is 6.33. The van der Waals surface area contributed by atoms with E-state index in [0.717, 1.165) is 30.8 Å². The zero-order chi connectivity index (χ0) is 12.4. The highest BCUT2D eigenvalue weighted by Gasteiger charge is 2.17. The monoisotopic (exact) mass is 245 g/mol. The van der Waals surface area contributed by atoms with Gasteiger partial charge in [-0.05, 0) is 31.5 Å². The number of benzene rings is 1. The molecular weight excluding hydrogens is 229 g/mol. The summed E-state index contributed by atoms with van der Waals surface area (Å²) < 4.78 is 15.4. The highest BCUT2D eigenvalue weighted by Crippen LogP contribution is 2.26. The van der Waals surface area contributed by atoms with Crippen molar-refractivity contribution in [2.45, 2.75) is 18.9 Å². The quantitative estimate of drug-likeness (QED) is 0.881. The highest BCUT2D eigenvalue weighted by atomic mass is 19.1. The first kappa shape index (κ1) is 11.4. The molecule has 0 bridgehead atoms. The number of aromatic nitrogens is 2. The molecule has 1 aromatic carbocycles. The summed E-state index contributed by atoms with van der Waals surface area (Å²) in [6.07, 6.45) is 5.97. The third-order valence-corrected chi connectivity index (χ3v) is 3.45. The Balaban J connectivity index is 1.95. The summed E-state index contributed by atoms with van der Waals surface area (Å²) in [5.74, 6) is -0.206. The molecule has 94 valence electrons. The lowest BCUT2D eigenvalue weighted by Crippen LogP contribution is -2.31. The van der Waals surface area contributed by atoms with Gasteiger partial charge in [-0.25, -0.2) is 9.37 Å². The van der Waals surface area contributed by atoms with Gasteiger partial charge < -0.3 is 9.88 Å². The summed E-state index contributed by atoms with van der Waals surface area (Å²) in [7, 11) is 0. The van der Waals surface area contributed by atoms with E-state index in [1.165, 1.54) is 12.5 Å². The fourth-order valence-electron chi connectivity index (χ4n) is 2.54. The molecule has 0 saturated carbocycles. The van der Waals surface area contributed by atoms with Crippen molar-refractivity contribution in [3.8, 4) is 11.3 Å². The number of piperidine rings is 1. The van der Waals surface area contributed by atoms with Crippen LogP contribution in [0.1, 0.15) is 18.9 Å². The van der Waals surface area contributed by atoms with E-state index in [-0.39, 0.29) is 5.82 Å². The van der Waals surface area contributed by atoms with Gasteiger partial charge in [-0.2, -0.15) is 0 Å². The number of hydrogen-bond donors (Lipinski definition) is 1. The molecule has 3 rings (SSSR count). The van der Waals surface area contributed by atoms with Gasteiger partial charge in [0.05, 0.1) is 18.2 Å². The topological polar surface area (TPSA) is 29.9 Å². The Labute approximate surface area is 106 Å². The molecule has 0 amide bonds. The van der Waals surface area contributed by atoms with Crippen molar-refractivity contribution < 1.29 is 4.39 Å². The molecule has 18 heavy (non-hydrogen) atoms. The lowest BCUT2D eigenvalue weighted by molar-refractivity contribution is 0.373. The van der Waals surface area contributed by atoms with E-state index in [9.17, 15) is 4.39 Å². The van der Waals surface area contributed by atoms with Gasteiger partial charge >= 0.3 is 0 Å². The summed E-state index contributed by atoms with van der Waals surface area (Å²) in [6.45, 7) is 2.04. The third kappa shape index (κ3) is 2.16. The van der Waals surface area contributed by atoms with Gasteiger partial charge in [-0.1, -0.05) is 12.1 Å². The number of rotatable bonds is 2. The van der Waals surface area contributed by atoms with Crippen molar-refractivity contribution in [2.24, 2.45) is 0 Å². The van der Waals surface area contributed by atoms with Crippen molar-refractivity contribution in [1.29, 1.82) is 0 Å². The van der Waals surface area contributed by atoms with Gasteiger partial charge in [-0.15, -0.1) is 0 Å². The zero-order valence-corrected chi connectivity index (χ0v) is 10.1. The van der Waals surface area contributed by atoms with Crippen molar-refractivity contribution in [3.63, 3.8) is 0 Å². The van der Waals surface area contributed by atoms with E-state index in [2.05, 4.69) is 14.9 Å². The molecule has 1 atom stereocenters. The Bertz CT molecular complexity index is 529. The predicted molar refractivity (Wildman–Crippen MR) is 68.8 cm³/mol. The molecule has 1 saturated heterocycles. The molecule has 3 nitrogen and oxygen atoms in total. The summed E-state index contributed by atoms with van der Waals surface area (Å²) in [6, 6.07) is 7.10. The average Bonchev–Trinajstić information content (AvgIpc) is 2.89. The second-order valence-corrected chi connectivity index (χ2v) is 4.70. The average molecular weight is 245 g/mol. The highest BCUT2D eigenvalue weighted by molar-refractivity contribution is 5.59. The van der Waals surface area contributed by atoms with E-state index < -0.39 is 0 Å². The van der Waals surface area contributed by atoms with Crippen molar-refractivity contribution in [3.05, 3.63) is 42.6 Å². The van der Waals surface area contributed by atoms with Gasteiger partial charge in [0.1, 0.15) is 5.82 Å². The van der Waals surface area contributed by atoms with Gasteiger partial charge in [0.15, 0.2) is 0 Å². The van der Waals surface area contributed by atoms with Crippen molar-refractivity contribution in [2.75, 3.05) is 13.1 Å². The molecular formula is C14H16FN3. The maximum absolute atomic E-state index is 13.3. The molecule has 1 aliphatic heterocycles. The third-order valence-electron chi connectivity index (χ3n) is 3.45. The van der Waals surface area contributed by atoms with E-state index in [1.807, 2.05) is 18.6 Å². The summed E-state index contributed by atoms with van der Waals surface area (Å²) in [4.78, 5) is 4.22. The van der Waals surface area contributed by atoms with Gasteiger partial charge in [0.2, 0.25) is 0 Å². The van der Waals surface area contributed by atoms with Gasteiger partial charge in [0, 0.05) is 18.2 Å². The fraction of sp³-hybridized carbons (Fsp3) is 0.357. The minimum atomic E-state index is -0.206. The molecule has 1 fully saturated rings. The lowest BCUT2D eigenvalue weighted by atomic mass is 10.1. The lowest BCUT2D eigenvalue weighted by Gasteiger charge is -2.25. The summed E-state index contributed by atoms with van der Waals surface area (Å²) in [5.41, 5.74) is 1.88. The number of halogens is 1. The number of nitrogens with one attached hydrogen (secondary N) is 1. The maximum Gasteiger partial charge on any atom is 0.123 e. The molecule has 0 spiro atoms. The van der Waals surface area contributed by atoms with Crippen LogP contribution in [0, 0.1) is 5.82 Å². The normalized spacial score (nSPS) is 19.9. The summed E-state index contributed by atoms with van der Waals surface area (Å²) >= 11 is 0. The van der Waals surface area contributed by atoms with Crippen LogP contribution in [-0.2, 0) is 0 Å². The minimum absolute atomic E-state index is 0.206. The second-order valence-electron chi connectivity index (χ2n) is 4.70. The van der Waals surface area contributed by atoms with Crippen LogP contribution in [0.3, 0.4) is 0 Å². The fourth-order valence-corrected chi connectivity index (χ4v) is 2.54. The van der Waals surface area contributed by atoms with Crippen LogP contribution < -0.4 is 5.32 Å². The Morgan fingerprint density at radius 2 is 2.33 bits per heavy atom. The van der Waals surface area contributed by atoms with Crippen LogP contribution in [0.2, 0.25) is 0 Å². The Hall–Kier alpha value is -1.68. The Kier molecular flexibility index (Phi) is 3.11. The maximum atomic E-state index is 13.3. The predicted octanol–water partition coefficient (Wildman–Crippen LogP) is 2.61. The molecule has 4 heteroatoms. The van der Waals surface area contributed by atoms with Crippen LogP contribution in [-0.4, -0.2) is 22.6 Å². The molecule has 1 unspecified atom stereocenters. The van der Waals surface area contributed by atoms with E-state index in [4.69, 9.17) is 0 Å². The summed E-state index contributed by atoms with van der Waals surface area (Å²) in [5, 5.41) is 3.39. The standard InChI is InChI=1S/C14H16FN3/c15-12-4-1-3-11(7-12)14-9-17-10-18(14)13-5-2-6-16-8-13/h1,3-4,7,9-10,13,16H,2,5-6,8H2. The second kappa shape index (κ2) is 4.90. The first-order chi connectivity index (χ1) is 8.84. The largest absolute Gasteiger partial charge is 0.326 e. The van der Waals surface area contributed by atoms with Crippen LogP contribution in [0.25, 0.3) is 11.3 Å². The number of hydrogen-bond acceptors (Lipinski definition) is 2. The molecule has 1 aromatic heterocycles.